The average molecular weight is 508 g/mol. The minimum atomic E-state index is 0. The number of rotatable bonds is 9. The van der Waals surface area contributed by atoms with Gasteiger partial charge in [0, 0.05) is 44.7 Å². The highest BCUT2D eigenvalue weighted by Crippen LogP contribution is 2.23. The molecular weight excluding hydrogens is 465 g/mol. The number of hydrogen-bond donors (Lipinski definition) is 3. The lowest BCUT2D eigenvalue weighted by Gasteiger charge is -2.33. The average Bonchev–Trinajstić information content (AvgIpc) is 2.70. The van der Waals surface area contributed by atoms with E-state index in [9.17, 15) is 4.79 Å². The number of carbonyl (C=O) groups excluding carboxylic acids is 1. The van der Waals surface area contributed by atoms with Gasteiger partial charge in [-0.25, -0.2) is 0 Å². The number of guanidine groups is 1. The summed E-state index contributed by atoms with van der Waals surface area (Å²) in [5, 5.41) is 9.70. The third-order valence-electron chi connectivity index (χ3n) is 5.85. The predicted octanol–water partition coefficient (Wildman–Crippen LogP) is 3.12. The molecule has 1 saturated heterocycles. The summed E-state index contributed by atoms with van der Waals surface area (Å²) in [5.74, 6) is 1.32. The van der Waals surface area contributed by atoms with E-state index in [1.807, 2.05) is 0 Å². The van der Waals surface area contributed by atoms with Gasteiger partial charge in [-0.15, -0.1) is 24.0 Å². The van der Waals surface area contributed by atoms with E-state index in [-0.39, 0.29) is 35.8 Å². The van der Waals surface area contributed by atoms with Gasteiger partial charge < -0.3 is 20.9 Å². The predicted molar refractivity (Wildman–Crippen MR) is 128 cm³/mol. The Morgan fingerprint density at radius 1 is 1.00 bits per heavy atom. The van der Waals surface area contributed by atoms with Crippen molar-refractivity contribution < 1.29 is 4.79 Å². The lowest BCUT2D eigenvalue weighted by molar-refractivity contribution is -0.125. The summed E-state index contributed by atoms with van der Waals surface area (Å²) in [6.45, 7) is 9.87. The van der Waals surface area contributed by atoms with Crippen molar-refractivity contribution in [2.45, 2.75) is 77.7 Å². The summed E-state index contributed by atoms with van der Waals surface area (Å²) >= 11 is 0. The first-order chi connectivity index (χ1) is 13.2. The number of aliphatic imine (C=N–C) groups is 1. The van der Waals surface area contributed by atoms with Gasteiger partial charge in [-0.2, -0.15) is 0 Å². The number of carbonyl (C=O) groups is 1. The first kappa shape index (κ1) is 25.5. The molecule has 0 spiro atoms. The molecule has 1 unspecified atom stereocenters. The van der Waals surface area contributed by atoms with Gasteiger partial charge in [0.05, 0.1) is 0 Å². The van der Waals surface area contributed by atoms with Gasteiger partial charge in [0.1, 0.15) is 0 Å². The van der Waals surface area contributed by atoms with Crippen molar-refractivity contribution in [2.75, 3.05) is 39.3 Å². The molecule has 164 valence electrons. The van der Waals surface area contributed by atoms with Crippen molar-refractivity contribution in [1.29, 1.82) is 0 Å². The second kappa shape index (κ2) is 15.3. The van der Waals surface area contributed by atoms with Crippen LogP contribution in [0.4, 0.5) is 0 Å². The molecule has 0 aromatic rings. The highest BCUT2D eigenvalue weighted by Gasteiger charge is 2.20. The fourth-order valence-corrected chi connectivity index (χ4v) is 4.17. The molecule has 1 heterocycles. The van der Waals surface area contributed by atoms with E-state index in [0.717, 1.165) is 50.9 Å². The first-order valence-corrected chi connectivity index (χ1v) is 11.2. The van der Waals surface area contributed by atoms with E-state index in [0.29, 0.717) is 13.1 Å². The lowest BCUT2D eigenvalue weighted by Crippen LogP contribution is -2.43. The second-order valence-corrected chi connectivity index (χ2v) is 8.05. The van der Waals surface area contributed by atoms with E-state index in [1.54, 1.807) is 0 Å². The van der Waals surface area contributed by atoms with Crippen LogP contribution in [-0.4, -0.2) is 62.1 Å². The molecule has 1 amide bonds. The van der Waals surface area contributed by atoms with Gasteiger partial charge in [0.25, 0.3) is 0 Å². The largest absolute Gasteiger partial charge is 0.357 e. The molecule has 1 saturated carbocycles. The Morgan fingerprint density at radius 3 is 2.43 bits per heavy atom. The zero-order valence-electron chi connectivity index (χ0n) is 18.0. The van der Waals surface area contributed by atoms with Crippen molar-refractivity contribution >= 4 is 35.8 Å². The van der Waals surface area contributed by atoms with Crippen LogP contribution in [0.5, 0.6) is 0 Å². The van der Waals surface area contributed by atoms with Crippen LogP contribution in [0.3, 0.4) is 0 Å². The van der Waals surface area contributed by atoms with Crippen LogP contribution in [0.1, 0.15) is 71.6 Å². The molecule has 0 bridgehead atoms. The van der Waals surface area contributed by atoms with Gasteiger partial charge in [0.15, 0.2) is 5.96 Å². The zero-order valence-corrected chi connectivity index (χ0v) is 20.3. The van der Waals surface area contributed by atoms with Crippen LogP contribution in [0.2, 0.25) is 0 Å². The number of nitrogens with one attached hydrogen (secondary N) is 3. The summed E-state index contributed by atoms with van der Waals surface area (Å²) in [4.78, 5) is 19.4. The minimum absolute atomic E-state index is 0. The van der Waals surface area contributed by atoms with E-state index >= 15 is 0 Å². The van der Waals surface area contributed by atoms with E-state index in [4.69, 9.17) is 0 Å². The van der Waals surface area contributed by atoms with Crippen molar-refractivity contribution in [1.82, 2.24) is 20.9 Å². The maximum absolute atomic E-state index is 12.2. The van der Waals surface area contributed by atoms with Gasteiger partial charge in [-0.3, -0.25) is 9.79 Å². The summed E-state index contributed by atoms with van der Waals surface area (Å²) in [7, 11) is 0. The molecule has 1 aliphatic carbocycles. The SMILES string of the molecule is CCNC(=NCCCN1CCCCC1C)NCCNC(=O)C1CCCCC1.I. The molecular formula is C21H42IN5O. The molecule has 7 heteroatoms. The highest BCUT2D eigenvalue weighted by molar-refractivity contribution is 14.0. The van der Waals surface area contributed by atoms with E-state index in [2.05, 4.69) is 39.7 Å². The molecule has 1 aliphatic heterocycles. The maximum atomic E-state index is 12.2. The lowest BCUT2D eigenvalue weighted by atomic mass is 9.89. The smallest absolute Gasteiger partial charge is 0.223 e. The van der Waals surface area contributed by atoms with Crippen molar-refractivity contribution in [3.8, 4) is 0 Å². The topological polar surface area (TPSA) is 68.8 Å². The van der Waals surface area contributed by atoms with Crippen molar-refractivity contribution in [3.05, 3.63) is 0 Å². The molecule has 1 atom stereocenters. The van der Waals surface area contributed by atoms with Gasteiger partial charge in [0.2, 0.25) is 5.91 Å². The first-order valence-electron chi connectivity index (χ1n) is 11.2. The number of amides is 1. The van der Waals surface area contributed by atoms with Crippen molar-refractivity contribution in [2.24, 2.45) is 10.9 Å². The monoisotopic (exact) mass is 507 g/mol. The highest BCUT2D eigenvalue weighted by atomic mass is 127. The summed E-state index contributed by atoms with van der Waals surface area (Å²) in [6.07, 6.45) is 10.9. The van der Waals surface area contributed by atoms with Crippen LogP contribution < -0.4 is 16.0 Å². The number of piperidine rings is 1. The van der Waals surface area contributed by atoms with Crippen LogP contribution in [0.15, 0.2) is 4.99 Å². The molecule has 2 aliphatic rings. The summed E-state index contributed by atoms with van der Waals surface area (Å²) in [5.41, 5.74) is 0. The number of likely N-dealkylation sites (tertiary alicyclic amines) is 1. The quantitative estimate of drug-likeness (QED) is 0.194. The Bertz CT molecular complexity index is 454. The normalized spacial score (nSPS) is 21.6. The molecule has 6 nitrogen and oxygen atoms in total. The fourth-order valence-electron chi connectivity index (χ4n) is 4.17. The van der Waals surface area contributed by atoms with Gasteiger partial charge in [-0.1, -0.05) is 25.7 Å². The molecule has 0 aromatic carbocycles. The number of hydrogen-bond acceptors (Lipinski definition) is 3. The summed E-state index contributed by atoms with van der Waals surface area (Å²) in [6, 6.07) is 0.724. The zero-order chi connectivity index (χ0) is 19.3. The van der Waals surface area contributed by atoms with Crippen LogP contribution in [0.25, 0.3) is 0 Å². The Kier molecular flexibility index (Phi) is 13.9. The Labute approximate surface area is 189 Å². The van der Waals surface area contributed by atoms with Gasteiger partial charge in [-0.05, 0) is 52.5 Å². The van der Waals surface area contributed by atoms with Gasteiger partial charge >= 0.3 is 0 Å². The van der Waals surface area contributed by atoms with Crippen LogP contribution in [0, 0.1) is 5.92 Å². The fraction of sp³-hybridized carbons (Fsp3) is 0.905. The van der Waals surface area contributed by atoms with E-state index < -0.39 is 0 Å². The Balaban J connectivity index is 0.00000392. The van der Waals surface area contributed by atoms with Crippen molar-refractivity contribution in [3.63, 3.8) is 0 Å². The second-order valence-electron chi connectivity index (χ2n) is 8.05. The molecule has 3 N–H and O–H groups in total. The Morgan fingerprint density at radius 2 is 1.71 bits per heavy atom. The van der Waals surface area contributed by atoms with Crippen LogP contribution >= 0.6 is 24.0 Å². The molecule has 0 aromatic heterocycles. The minimum Gasteiger partial charge on any atom is -0.357 e. The maximum Gasteiger partial charge on any atom is 0.223 e. The third-order valence-corrected chi connectivity index (χ3v) is 5.85. The standard InChI is InChI=1S/C21H41N5O.HI/c1-3-22-21(24-13-9-17-26-16-8-7-10-18(26)2)25-15-14-23-20(27)19-11-5-4-6-12-19;/h18-19H,3-17H2,1-2H3,(H,23,27)(H2,22,24,25);1H. The number of nitrogens with zero attached hydrogens (tertiary/aromatic N) is 2. The molecule has 2 rings (SSSR count). The Hall–Kier alpha value is -0.570. The summed E-state index contributed by atoms with van der Waals surface area (Å²) < 4.78 is 0. The third kappa shape index (κ3) is 9.76. The van der Waals surface area contributed by atoms with Crippen LogP contribution in [-0.2, 0) is 4.79 Å². The molecule has 0 radical (unpaired) electrons. The molecule has 2 fully saturated rings. The van der Waals surface area contributed by atoms with E-state index in [1.165, 1.54) is 45.1 Å². The number of halogens is 1. The molecule has 28 heavy (non-hydrogen) atoms.